The van der Waals surface area contributed by atoms with Gasteiger partial charge in [0, 0.05) is 12.8 Å². The fraction of sp³-hybridized carbons (Fsp3) is 0.702. The molecule has 0 aromatic carbocycles. The molecule has 0 radical (unpaired) electrons. The highest BCUT2D eigenvalue weighted by molar-refractivity contribution is 5.70. The third kappa shape index (κ3) is 29.1. The van der Waals surface area contributed by atoms with Crippen molar-refractivity contribution < 1.29 is 49.0 Å². The lowest BCUT2D eigenvalue weighted by Crippen LogP contribution is -2.59. The minimum atomic E-state index is -1.61. The largest absolute Gasteiger partial charge is 0.462 e. The van der Waals surface area contributed by atoms with Gasteiger partial charge in [0.2, 0.25) is 0 Å². The van der Waals surface area contributed by atoms with Crippen LogP contribution in [0, 0.1) is 0 Å². The molecule has 57 heavy (non-hydrogen) atoms. The summed E-state index contributed by atoms with van der Waals surface area (Å²) in [6, 6.07) is 0. The number of ether oxygens (including phenoxy) is 4. The number of carbonyl (C=O) groups excluding carboxylic acids is 2. The molecule has 4 N–H and O–H groups in total. The fourth-order valence-corrected chi connectivity index (χ4v) is 6.12. The number of hydrogen-bond acceptors (Lipinski definition) is 10. The molecule has 0 bridgehead atoms. The highest BCUT2D eigenvalue weighted by Gasteiger charge is 2.44. The van der Waals surface area contributed by atoms with Crippen LogP contribution in [0.15, 0.2) is 72.9 Å². The van der Waals surface area contributed by atoms with Gasteiger partial charge >= 0.3 is 11.9 Å². The van der Waals surface area contributed by atoms with Crippen molar-refractivity contribution in [2.45, 2.75) is 192 Å². The maximum Gasteiger partial charge on any atom is 0.306 e. The van der Waals surface area contributed by atoms with E-state index in [1.807, 2.05) is 12.2 Å². The van der Waals surface area contributed by atoms with E-state index in [0.29, 0.717) is 19.3 Å². The Morgan fingerprint density at radius 2 is 1.07 bits per heavy atom. The summed E-state index contributed by atoms with van der Waals surface area (Å²) in [5.41, 5.74) is 0. The van der Waals surface area contributed by atoms with E-state index in [0.717, 1.165) is 44.9 Å². The molecule has 1 fully saturated rings. The first-order valence-electron chi connectivity index (χ1n) is 22.0. The second kappa shape index (κ2) is 37.4. The van der Waals surface area contributed by atoms with E-state index in [4.69, 9.17) is 18.9 Å². The van der Waals surface area contributed by atoms with Crippen LogP contribution in [-0.4, -0.2) is 89.0 Å². The summed E-state index contributed by atoms with van der Waals surface area (Å²) in [5.74, 6) is -0.937. The van der Waals surface area contributed by atoms with E-state index in [9.17, 15) is 30.0 Å². The van der Waals surface area contributed by atoms with Gasteiger partial charge in [0.15, 0.2) is 12.4 Å². The van der Waals surface area contributed by atoms with Crippen molar-refractivity contribution in [3.8, 4) is 0 Å². The fourth-order valence-electron chi connectivity index (χ4n) is 6.12. The number of unbranched alkanes of at least 4 members (excludes halogenated alkanes) is 12. The molecule has 1 aliphatic heterocycles. The second-order valence-corrected chi connectivity index (χ2v) is 14.8. The molecule has 1 saturated heterocycles. The maximum atomic E-state index is 12.7. The number of rotatable bonds is 35. The van der Waals surface area contributed by atoms with E-state index in [1.54, 1.807) is 0 Å². The summed E-state index contributed by atoms with van der Waals surface area (Å²) in [7, 11) is 0. The molecule has 326 valence electrons. The van der Waals surface area contributed by atoms with Crippen LogP contribution in [0.2, 0.25) is 0 Å². The molecule has 10 heteroatoms. The summed E-state index contributed by atoms with van der Waals surface area (Å²) in [6.07, 6.45) is 39.3. The van der Waals surface area contributed by atoms with E-state index in [1.165, 1.54) is 64.2 Å². The van der Waals surface area contributed by atoms with Gasteiger partial charge in [-0.25, -0.2) is 0 Å². The molecule has 10 nitrogen and oxygen atoms in total. The Morgan fingerprint density at radius 3 is 1.65 bits per heavy atom. The molecule has 0 aromatic heterocycles. The van der Waals surface area contributed by atoms with Gasteiger partial charge in [-0.05, 0) is 64.2 Å². The maximum absolute atomic E-state index is 12.7. The molecule has 6 atom stereocenters. The Bertz CT molecular complexity index is 1160. The molecule has 1 rings (SSSR count). The first kappa shape index (κ1) is 52.2. The van der Waals surface area contributed by atoms with Gasteiger partial charge in [0.05, 0.1) is 13.2 Å². The van der Waals surface area contributed by atoms with E-state index in [-0.39, 0.29) is 26.1 Å². The molecule has 0 aromatic rings. The van der Waals surface area contributed by atoms with Gasteiger partial charge < -0.3 is 39.4 Å². The van der Waals surface area contributed by atoms with Crippen LogP contribution in [0.25, 0.3) is 0 Å². The summed E-state index contributed by atoms with van der Waals surface area (Å²) in [4.78, 5) is 25.3. The van der Waals surface area contributed by atoms with Crippen LogP contribution < -0.4 is 0 Å². The zero-order valence-corrected chi connectivity index (χ0v) is 35.3. The molecule has 1 heterocycles. The standard InChI is InChI=1S/C47H78O10/c1-3-5-7-9-11-13-15-17-19-20-22-24-26-28-30-32-34-36-43(50)56-40(39-55-47-46(53)45(52)44(51)41(37-48)57-47)38-54-42(49)35-33-31-29-27-25-23-21-18-16-14-12-10-8-6-4-2/h5,7,11,13,17,19,22,24,28-31,40-41,44-48,51-53H,3-4,6,8-10,12,14-16,18,20-21,23,25-27,32-39H2,1-2H3/b7-5+,13-11+,19-17+,24-22+,30-28+,31-29+/t40-,41-,44+,45?,46?,47-/m1/s1. The number of aliphatic hydroxyl groups excluding tert-OH is 4. The molecule has 0 spiro atoms. The topological polar surface area (TPSA) is 152 Å². The molecule has 0 aliphatic carbocycles. The van der Waals surface area contributed by atoms with Crippen LogP contribution in [0.5, 0.6) is 0 Å². The van der Waals surface area contributed by atoms with Crippen LogP contribution in [-0.2, 0) is 28.5 Å². The van der Waals surface area contributed by atoms with Gasteiger partial charge in [-0.15, -0.1) is 0 Å². The van der Waals surface area contributed by atoms with Crippen molar-refractivity contribution in [2.75, 3.05) is 19.8 Å². The first-order chi connectivity index (χ1) is 27.8. The average molecular weight is 803 g/mol. The third-order valence-corrected chi connectivity index (χ3v) is 9.59. The highest BCUT2D eigenvalue weighted by atomic mass is 16.7. The molecule has 0 amide bonds. The van der Waals surface area contributed by atoms with Crippen LogP contribution in [0.3, 0.4) is 0 Å². The van der Waals surface area contributed by atoms with Crippen molar-refractivity contribution in [3.63, 3.8) is 0 Å². The van der Waals surface area contributed by atoms with Gasteiger partial charge in [-0.1, -0.05) is 151 Å². The summed E-state index contributed by atoms with van der Waals surface area (Å²) < 4.78 is 22.0. The van der Waals surface area contributed by atoms with Gasteiger partial charge in [-0.3, -0.25) is 9.59 Å². The number of esters is 2. The molecule has 1 aliphatic rings. The number of carbonyl (C=O) groups is 2. The minimum absolute atomic E-state index is 0.142. The van der Waals surface area contributed by atoms with Crippen LogP contribution in [0.4, 0.5) is 0 Å². The Balaban J connectivity index is 2.42. The normalized spacial score (nSPS) is 21.0. The molecule has 2 unspecified atom stereocenters. The second-order valence-electron chi connectivity index (χ2n) is 14.8. The van der Waals surface area contributed by atoms with Crippen molar-refractivity contribution in [3.05, 3.63) is 72.9 Å². The van der Waals surface area contributed by atoms with Gasteiger partial charge in [0.25, 0.3) is 0 Å². The van der Waals surface area contributed by atoms with Crippen LogP contribution in [0.1, 0.15) is 155 Å². The lowest BCUT2D eigenvalue weighted by Gasteiger charge is -2.39. The van der Waals surface area contributed by atoms with Crippen LogP contribution >= 0.6 is 0 Å². The Hall–Kier alpha value is -2.86. The van der Waals surface area contributed by atoms with Crippen molar-refractivity contribution >= 4 is 11.9 Å². The first-order valence-corrected chi connectivity index (χ1v) is 22.0. The number of allylic oxidation sites excluding steroid dienone is 12. The predicted octanol–water partition coefficient (Wildman–Crippen LogP) is 9.22. The lowest BCUT2D eigenvalue weighted by atomic mass is 9.99. The lowest BCUT2D eigenvalue weighted by molar-refractivity contribution is -0.305. The smallest absolute Gasteiger partial charge is 0.306 e. The van der Waals surface area contributed by atoms with Crippen molar-refractivity contribution in [1.29, 1.82) is 0 Å². The SMILES string of the molecule is CC/C=C/C/C=C/C/C=C/C/C=C/C/C=C/CCCC(=O)O[C@H](COC(=O)CC/C=C/CCCCCCCCCCCCC)CO[C@@H]1O[C@H](CO)[C@H](O)C(O)C1O. The Morgan fingerprint density at radius 1 is 0.561 bits per heavy atom. The van der Waals surface area contributed by atoms with E-state index >= 15 is 0 Å². The summed E-state index contributed by atoms with van der Waals surface area (Å²) >= 11 is 0. The van der Waals surface area contributed by atoms with Crippen molar-refractivity contribution in [1.82, 2.24) is 0 Å². The number of aliphatic hydroxyl groups is 4. The summed E-state index contributed by atoms with van der Waals surface area (Å²) in [6.45, 7) is 3.20. The highest BCUT2D eigenvalue weighted by Crippen LogP contribution is 2.22. The Labute approximate surface area is 344 Å². The predicted molar refractivity (Wildman–Crippen MR) is 228 cm³/mol. The molecular weight excluding hydrogens is 725 g/mol. The zero-order chi connectivity index (χ0) is 41.6. The monoisotopic (exact) mass is 803 g/mol. The van der Waals surface area contributed by atoms with E-state index < -0.39 is 55.4 Å². The zero-order valence-electron chi connectivity index (χ0n) is 35.3. The van der Waals surface area contributed by atoms with Gasteiger partial charge in [0.1, 0.15) is 31.0 Å². The quantitative estimate of drug-likeness (QED) is 0.0277. The average Bonchev–Trinajstić information content (AvgIpc) is 3.21. The Kier molecular flexibility index (Phi) is 34.2. The van der Waals surface area contributed by atoms with Crippen molar-refractivity contribution in [2.24, 2.45) is 0 Å². The van der Waals surface area contributed by atoms with Gasteiger partial charge in [-0.2, -0.15) is 0 Å². The molecule has 0 saturated carbocycles. The number of hydrogen-bond donors (Lipinski definition) is 4. The molecular formula is C47H78O10. The van der Waals surface area contributed by atoms with E-state index in [2.05, 4.69) is 74.6 Å². The summed E-state index contributed by atoms with van der Waals surface area (Å²) in [5, 5.41) is 40.0. The minimum Gasteiger partial charge on any atom is -0.462 e. The third-order valence-electron chi connectivity index (χ3n) is 9.59.